The number of rotatable bonds is 53. The van der Waals surface area contributed by atoms with Crippen LogP contribution in [-0.2, 0) is 117 Å². The summed E-state index contributed by atoms with van der Waals surface area (Å²) in [4.78, 5) is 111. The summed E-state index contributed by atoms with van der Waals surface area (Å²) in [6, 6.07) is -3.30. The number of phosphoric ester groups is 3. The molecule has 6 fully saturated rings. The van der Waals surface area contributed by atoms with Gasteiger partial charge in [0.2, 0.25) is 35.4 Å². The molecule has 18 atom stereocenters. The molecular weight excluding hydrogens is 1600 g/mol. The zero-order valence-electron chi connectivity index (χ0n) is 65.9. The van der Waals surface area contributed by atoms with Gasteiger partial charge < -0.3 is 139 Å². The van der Waals surface area contributed by atoms with Gasteiger partial charge in [-0.2, -0.15) is 0 Å². The van der Waals surface area contributed by atoms with Gasteiger partial charge in [-0.05, 0) is 96.3 Å². The van der Waals surface area contributed by atoms with Crippen LogP contribution in [0.4, 0.5) is 0 Å². The van der Waals surface area contributed by atoms with Crippen LogP contribution in [0, 0.1) is 5.41 Å². The van der Waals surface area contributed by atoms with Crippen LogP contribution >= 0.6 is 23.5 Å². The summed E-state index contributed by atoms with van der Waals surface area (Å²) < 4.78 is 129. The Hall–Kier alpha value is -3.61. The lowest BCUT2D eigenvalue weighted by Gasteiger charge is -2.42. The number of likely N-dealkylation sites (tertiary alicyclic amines) is 3. The second kappa shape index (κ2) is 51.3. The van der Waals surface area contributed by atoms with E-state index in [-0.39, 0.29) is 220 Å². The zero-order valence-corrected chi connectivity index (χ0v) is 68.6. The molecule has 6 amide bonds. The monoisotopic (exact) mass is 1720 g/mol. The van der Waals surface area contributed by atoms with Crippen LogP contribution in [0.5, 0.6) is 0 Å². The van der Waals surface area contributed by atoms with Gasteiger partial charge in [0.1, 0.15) is 73.1 Å². The molecule has 43 nitrogen and oxygen atoms in total. The largest absolute Gasteiger partial charge is 0.472 e. The van der Waals surface area contributed by atoms with E-state index in [0.29, 0.717) is 38.5 Å². The number of aliphatic hydroxyl groups excluding tert-OH is 9. The standard InChI is InChI=1S/C69H125N6O37P3/c1-45(79)70-57-63(88)60(85)51(38-76)107-66(57)101-32-8-5-14-54(82)73-23-17-48(18-24-73)110-113(91,92)104-35-11-29-98-42-69(41-97-4,43-99-30-12-36-105-114(93,94)111-49-19-25-74(26-20-49)55(83)15-6-9-33-102-67-58(71-46(2)80)64(89)61(86)52(39-77)108-67)44-100-31-13-37-106-115(95,96)112-50-21-27-75(28-22-50)56(84)16-7-10-34-103-68-59(72-47(3)81)65(90)62(87)53(40-78)109-68/h48-53,57-68,76-78,85-90H,5-44H2,1-4H3,(H,70,79)(H,71,80)(H,72,81)(H,91,92)(H,93,94)(H,95,96). The molecule has 6 heterocycles. The molecule has 0 aromatic carbocycles. The minimum atomic E-state index is -4.58. The van der Waals surface area contributed by atoms with E-state index >= 15 is 0 Å². The van der Waals surface area contributed by atoms with Crippen molar-refractivity contribution in [1.29, 1.82) is 0 Å². The normalized spacial score (nSPS) is 28.9. The number of nitrogens with one attached hydrogen (secondary N) is 3. The van der Waals surface area contributed by atoms with Gasteiger partial charge in [-0.15, -0.1) is 0 Å². The lowest BCUT2D eigenvalue weighted by molar-refractivity contribution is -0.270. The fourth-order valence-corrected chi connectivity index (χ4v) is 16.8. The highest BCUT2D eigenvalue weighted by atomic mass is 31.2. The molecule has 0 saturated carbocycles. The van der Waals surface area contributed by atoms with Crippen molar-refractivity contribution >= 4 is 58.9 Å². The van der Waals surface area contributed by atoms with E-state index in [1.807, 2.05) is 0 Å². The summed E-state index contributed by atoms with van der Waals surface area (Å²) in [7, 11) is -12.3. The average molecular weight is 1720 g/mol. The lowest BCUT2D eigenvalue weighted by atomic mass is 9.92. The zero-order chi connectivity index (χ0) is 84.3. The third-order valence-electron chi connectivity index (χ3n) is 19.9. The predicted molar refractivity (Wildman–Crippen MR) is 396 cm³/mol. The molecule has 18 unspecified atom stereocenters. The second-order valence-corrected chi connectivity index (χ2v) is 33.6. The molecule has 6 rings (SSSR count). The maximum atomic E-state index is 13.1. The van der Waals surface area contributed by atoms with Crippen molar-refractivity contribution in [3.8, 4) is 0 Å². The minimum absolute atomic E-state index is 0.00420. The number of unbranched alkanes of at least 4 members (excludes halogenated alkanes) is 3. The number of carbonyl (C=O) groups is 6. The second-order valence-electron chi connectivity index (χ2n) is 29.4. The van der Waals surface area contributed by atoms with Gasteiger partial charge >= 0.3 is 23.5 Å². The van der Waals surface area contributed by atoms with Gasteiger partial charge in [-0.25, -0.2) is 13.7 Å². The number of methoxy groups -OCH3 is 1. The van der Waals surface area contributed by atoms with Gasteiger partial charge in [0.25, 0.3) is 0 Å². The number of amides is 6. The molecule has 115 heavy (non-hydrogen) atoms. The molecule has 0 aromatic rings. The topological polar surface area (TPSA) is 590 Å². The van der Waals surface area contributed by atoms with Crippen molar-refractivity contribution in [2.45, 2.75) is 247 Å². The minimum Gasteiger partial charge on any atom is -0.394 e. The van der Waals surface area contributed by atoms with E-state index in [2.05, 4.69) is 16.0 Å². The van der Waals surface area contributed by atoms with E-state index < -0.39 is 177 Å². The van der Waals surface area contributed by atoms with Crippen LogP contribution in [0.2, 0.25) is 0 Å². The van der Waals surface area contributed by atoms with Crippen LogP contribution in [0.15, 0.2) is 0 Å². The Morgan fingerprint density at radius 2 is 0.643 bits per heavy atom. The number of piperidine rings is 3. The first kappa shape index (κ1) is 100. The molecule has 0 radical (unpaired) electrons. The third-order valence-corrected chi connectivity index (χ3v) is 23.1. The summed E-state index contributed by atoms with van der Waals surface area (Å²) in [5.74, 6) is -1.96. The Morgan fingerprint density at radius 1 is 0.383 bits per heavy atom. The van der Waals surface area contributed by atoms with Crippen molar-refractivity contribution in [3.63, 3.8) is 0 Å². The van der Waals surface area contributed by atoms with Crippen molar-refractivity contribution in [3.05, 3.63) is 0 Å². The number of carbonyl (C=O) groups excluding carboxylic acids is 6. The summed E-state index contributed by atoms with van der Waals surface area (Å²) in [5, 5.41) is 98.5. The van der Waals surface area contributed by atoms with Crippen molar-refractivity contribution in [2.75, 3.05) is 152 Å². The Morgan fingerprint density at radius 3 is 0.878 bits per heavy atom. The van der Waals surface area contributed by atoms with Crippen LogP contribution < -0.4 is 16.0 Å². The summed E-state index contributed by atoms with van der Waals surface area (Å²) in [5.41, 5.74) is -1.03. The molecule has 46 heteroatoms. The Labute approximate surface area is 668 Å². The number of hydrogen-bond donors (Lipinski definition) is 15. The molecule has 0 bridgehead atoms. The third kappa shape index (κ3) is 35.0. The molecule has 0 aromatic heterocycles. The Balaban J connectivity index is 0.895. The number of aliphatic hydroxyl groups is 9. The maximum absolute atomic E-state index is 13.1. The SMILES string of the molecule is COCC(COCCCOP(=O)(O)OC1CCN(C(=O)CCCCOC2OC(CO)C(O)C(O)C2NC(C)=O)CC1)(COCCCOP(=O)(O)OC1CCN(C(=O)CCCCOC2OC(CO)C(O)C(O)C2NC(C)=O)CC1)COCCCOP(=O)(O)OC1CCN(C(=O)CCCCOC2OC(CO)C(O)C(O)C2NC(C)=O)CC1. The Kier molecular flexibility index (Phi) is 44.7. The van der Waals surface area contributed by atoms with Crippen LogP contribution in [-0.4, -0.2) is 373 Å². The van der Waals surface area contributed by atoms with Crippen molar-refractivity contribution < 1.29 is 178 Å². The summed E-state index contributed by atoms with van der Waals surface area (Å²) in [6.45, 7) is 2.68. The Bertz CT molecular complexity index is 2730. The van der Waals surface area contributed by atoms with Crippen molar-refractivity contribution in [2.24, 2.45) is 5.41 Å². The molecule has 6 aliphatic heterocycles. The molecule has 668 valence electrons. The number of hydrogen-bond acceptors (Lipinski definition) is 34. The van der Waals surface area contributed by atoms with Gasteiger partial charge in [0.15, 0.2) is 18.9 Å². The van der Waals surface area contributed by atoms with Gasteiger partial charge in [0, 0.05) is 126 Å². The summed E-state index contributed by atoms with van der Waals surface area (Å²) in [6.07, 6.45) is -13.1. The first-order valence-electron chi connectivity index (χ1n) is 39.3. The quantitative estimate of drug-likeness (QED) is 0.0223. The highest BCUT2D eigenvalue weighted by Gasteiger charge is 2.49. The van der Waals surface area contributed by atoms with E-state index in [1.54, 1.807) is 14.7 Å². The average Bonchev–Trinajstić information content (AvgIpc) is 0.810. The molecule has 0 aliphatic carbocycles. The lowest BCUT2D eigenvalue weighted by Crippen LogP contribution is -2.64. The number of ether oxygens (including phenoxy) is 10. The molecule has 6 aliphatic rings. The fraction of sp³-hybridized carbons (Fsp3) is 0.913. The molecule has 15 N–H and O–H groups in total. The first-order valence-corrected chi connectivity index (χ1v) is 43.8. The van der Waals surface area contributed by atoms with E-state index in [1.165, 1.54) is 27.9 Å². The van der Waals surface area contributed by atoms with E-state index in [9.17, 15) is 103 Å². The van der Waals surface area contributed by atoms with Gasteiger partial charge in [-0.3, -0.25) is 55.9 Å². The number of nitrogens with zero attached hydrogens (tertiary/aromatic N) is 3. The van der Waals surface area contributed by atoms with Gasteiger partial charge in [-0.1, -0.05) is 0 Å². The molecule has 0 spiro atoms. The van der Waals surface area contributed by atoms with Crippen LogP contribution in [0.25, 0.3) is 0 Å². The first-order chi connectivity index (χ1) is 54.7. The summed E-state index contributed by atoms with van der Waals surface area (Å²) >= 11 is 0. The predicted octanol–water partition coefficient (Wildman–Crippen LogP) is -2.40. The van der Waals surface area contributed by atoms with E-state index in [4.69, 9.17) is 74.5 Å². The van der Waals surface area contributed by atoms with Crippen LogP contribution in [0.3, 0.4) is 0 Å². The van der Waals surface area contributed by atoms with Gasteiger partial charge in [0.05, 0.1) is 89.8 Å². The maximum Gasteiger partial charge on any atom is 0.472 e. The molecule has 6 saturated heterocycles. The smallest absolute Gasteiger partial charge is 0.394 e. The fourth-order valence-electron chi connectivity index (χ4n) is 13.8. The molecular formula is C69H125N6O37P3. The van der Waals surface area contributed by atoms with Crippen LogP contribution in [0.1, 0.15) is 136 Å². The van der Waals surface area contributed by atoms with Crippen molar-refractivity contribution in [1.82, 2.24) is 30.7 Å². The highest BCUT2D eigenvalue weighted by Crippen LogP contribution is 2.48. The highest BCUT2D eigenvalue weighted by molar-refractivity contribution is 7.48. The number of phosphoric acid groups is 3. The van der Waals surface area contributed by atoms with E-state index in [0.717, 1.165) is 0 Å².